The highest BCUT2D eigenvalue weighted by Crippen LogP contribution is 2.28. The van der Waals surface area contributed by atoms with Gasteiger partial charge in [-0.15, -0.1) is 11.3 Å². The lowest BCUT2D eigenvalue weighted by Crippen LogP contribution is -2.23. The van der Waals surface area contributed by atoms with Gasteiger partial charge in [-0.1, -0.05) is 42.5 Å². The number of carboxylic acids is 1. The number of thiazole rings is 1. The fourth-order valence-electron chi connectivity index (χ4n) is 2.87. The fraction of sp³-hybridized carbons (Fsp3) is 0. The van der Waals surface area contributed by atoms with Crippen molar-refractivity contribution in [1.29, 1.82) is 5.26 Å². The molecule has 0 spiro atoms. The molecule has 0 atom stereocenters. The topological polar surface area (TPSA) is 107 Å². The molecule has 0 aliphatic carbocycles. The van der Waals surface area contributed by atoms with E-state index in [1.165, 1.54) is 23.5 Å². The summed E-state index contributed by atoms with van der Waals surface area (Å²) in [5.41, 5.74) is 1.13. The number of fused-ring (bicyclic) bond motifs is 1. The van der Waals surface area contributed by atoms with Gasteiger partial charge in [0.2, 0.25) is 0 Å². The summed E-state index contributed by atoms with van der Waals surface area (Å²) in [7, 11) is 0. The fourth-order valence-corrected chi connectivity index (χ4v) is 3.65. The Hall–Kier alpha value is -4.02. The summed E-state index contributed by atoms with van der Waals surface area (Å²) in [6, 6.07) is 17.1. The van der Waals surface area contributed by atoms with Crippen LogP contribution in [0.25, 0.3) is 33.9 Å². The number of hydrogen-bond donors (Lipinski definition) is 0. The molecule has 6 nitrogen and oxygen atoms in total. The third kappa shape index (κ3) is 3.57. The molecule has 2 aromatic carbocycles. The normalized spacial score (nSPS) is 11.3. The van der Waals surface area contributed by atoms with Gasteiger partial charge in [0.05, 0.1) is 22.8 Å². The lowest BCUT2D eigenvalue weighted by atomic mass is 10.1. The van der Waals surface area contributed by atoms with Crippen molar-refractivity contribution in [3.05, 3.63) is 86.5 Å². The number of nitrogens with zero attached hydrogens (tertiary/aromatic N) is 2. The summed E-state index contributed by atoms with van der Waals surface area (Å²) in [6.45, 7) is 0. The van der Waals surface area contributed by atoms with E-state index in [0.29, 0.717) is 27.4 Å². The second kappa shape index (κ2) is 7.54. The monoisotopic (exact) mass is 399 g/mol. The van der Waals surface area contributed by atoms with E-state index in [9.17, 15) is 20.0 Å². The number of allylic oxidation sites excluding steroid dienone is 1. The smallest absolute Gasteiger partial charge is 0.345 e. The second-order valence-corrected chi connectivity index (χ2v) is 6.93. The Morgan fingerprint density at radius 2 is 1.93 bits per heavy atom. The quantitative estimate of drug-likeness (QED) is 0.385. The number of carbonyl (C=O) groups excluding carboxylic acids is 1. The molecule has 7 heteroatoms. The Bertz CT molecular complexity index is 1380. The van der Waals surface area contributed by atoms with Crippen LogP contribution in [0.15, 0.2) is 69.2 Å². The number of carboxylic acid groups (broad SMARTS) is 1. The molecule has 0 radical (unpaired) electrons. The lowest BCUT2D eigenvalue weighted by Gasteiger charge is -2.06. The van der Waals surface area contributed by atoms with E-state index < -0.39 is 11.6 Å². The largest absolute Gasteiger partial charge is 0.545 e. The van der Waals surface area contributed by atoms with Crippen LogP contribution in [0.2, 0.25) is 0 Å². The Morgan fingerprint density at radius 3 is 2.72 bits per heavy atom. The Labute approximate surface area is 168 Å². The molecule has 2 heterocycles. The van der Waals surface area contributed by atoms with Crippen LogP contribution in [-0.2, 0) is 0 Å². The van der Waals surface area contributed by atoms with Gasteiger partial charge in [0.15, 0.2) is 0 Å². The number of para-hydroxylation sites is 1. The maximum absolute atomic E-state index is 12.3. The zero-order chi connectivity index (χ0) is 20.4. The third-order valence-electron chi connectivity index (χ3n) is 4.25. The van der Waals surface area contributed by atoms with Gasteiger partial charge in [-0.3, -0.25) is 0 Å². The zero-order valence-corrected chi connectivity index (χ0v) is 15.6. The summed E-state index contributed by atoms with van der Waals surface area (Å²) in [5.74, 6) is -1.33. The minimum absolute atomic E-state index is 0.0211. The number of aromatic nitrogens is 1. The molecule has 0 unspecified atom stereocenters. The number of aromatic carboxylic acids is 1. The standard InChI is InChI=1S/C22H12N2O4S/c23-11-15(9-13-5-1-3-7-16(13)21(25)26)20-24-18(12-29-20)17-10-14-6-2-4-8-19(14)28-22(17)27/h1-10,12H,(H,25,26)/p-1/b15-9+. The molecule has 0 saturated heterocycles. The summed E-state index contributed by atoms with van der Waals surface area (Å²) >= 11 is 1.18. The molecular weight excluding hydrogens is 388 g/mol. The Morgan fingerprint density at radius 1 is 1.17 bits per heavy atom. The van der Waals surface area contributed by atoms with Crippen molar-refractivity contribution < 1.29 is 14.3 Å². The van der Waals surface area contributed by atoms with Crippen molar-refractivity contribution in [3.8, 4) is 17.3 Å². The summed E-state index contributed by atoms with van der Waals surface area (Å²) in [4.78, 5) is 28.0. The summed E-state index contributed by atoms with van der Waals surface area (Å²) in [5, 5.41) is 23.6. The van der Waals surface area contributed by atoms with E-state index in [1.54, 1.807) is 41.8 Å². The maximum atomic E-state index is 12.3. The Balaban J connectivity index is 1.77. The van der Waals surface area contributed by atoms with Crippen molar-refractivity contribution in [3.63, 3.8) is 0 Å². The van der Waals surface area contributed by atoms with Gasteiger partial charge in [-0.25, -0.2) is 9.78 Å². The van der Waals surface area contributed by atoms with Gasteiger partial charge in [0, 0.05) is 16.3 Å². The van der Waals surface area contributed by atoms with E-state index in [-0.39, 0.29) is 11.1 Å². The van der Waals surface area contributed by atoms with Crippen LogP contribution >= 0.6 is 11.3 Å². The predicted molar refractivity (Wildman–Crippen MR) is 108 cm³/mol. The van der Waals surface area contributed by atoms with Gasteiger partial charge in [-0.2, -0.15) is 5.26 Å². The molecule has 0 aliphatic rings. The maximum Gasteiger partial charge on any atom is 0.345 e. The molecule has 4 aromatic rings. The molecule has 140 valence electrons. The van der Waals surface area contributed by atoms with Gasteiger partial charge in [0.25, 0.3) is 0 Å². The third-order valence-corrected chi connectivity index (χ3v) is 5.13. The minimum atomic E-state index is -1.33. The first-order valence-corrected chi connectivity index (χ1v) is 9.36. The molecular formula is C22H11N2O4S-. The van der Waals surface area contributed by atoms with E-state index in [2.05, 4.69) is 4.98 Å². The van der Waals surface area contributed by atoms with Crippen LogP contribution in [0.5, 0.6) is 0 Å². The first-order valence-electron chi connectivity index (χ1n) is 8.48. The molecule has 0 bridgehead atoms. The van der Waals surface area contributed by atoms with Crippen LogP contribution in [0.3, 0.4) is 0 Å². The first kappa shape index (κ1) is 18.3. The van der Waals surface area contributed by atoms with E-state index >= 15 is 0 Å². The van der Waals surface area contributed by atoms with E-state index in [0.717, 1.165) is 5.39 Å². The van der Waals surface area contributed by atoms with E-state index in [4.69, 9.17) is 4.42 Å². The number of rotatable bonds is 4. The van der Waals surface area contributed by atoms with E-state index in [1.807, 2.05) is 18.2 Å². The summed E-state index contributed by atoms with van der Waals surface area (Å²) in [6.07, 6.45) is 1.44. The average Bonchev–Trinajstić information content (AvgIpc) is 3.21. The number of carbonyl (C=O) groups is 1. The molecule has 29 heavy (non-hydrogen) atoms. The van der Waals surface area contributed by atoms with Crippen LogP contribution in [0, 0.1) is 11.3 Å². The molecule has 0 aliphatic heterocycles. The van der Waals surface area contributed by atoms with Crippen LogP contribution in [-0.4, -0.2) is 11.0 Å². The molecule has 0 saturated carbocycles. The highest BCUT2D eigenvalue weighted by Gasteiger charge is 2.14. The van der Waals surface area contributed by atoms with Gasteiger partial charge in [0.1, 0.15) is 16.7 Å². The number of nitriles is 1. The second-order valence-electron chi connectivity index (χ2n) is 6.07. The van der Waals surface area contributed by atoms with Crippen molar-refractivity contribution in [2.24, 2.45) is 0 Å². The van der Waals surface area contributed by atoms with Gasteiger partial charge >= 0.3 is 5.63 Å². The SMILES string of the molecule is N#C/C(=C\c1ccccc1C(=O)[O-])c1nc(-c2cc3ccccc3oc2=O)cs1. The lowest BCUT2D eigenvalue weighted by molar-refractivity contribution is -0.255. The van der Waals surface area contributed by atoms with Crippen molar-refractivity contribution >= 4 is 39.9 Å². The minimum Gasteiger partial charge on any atom is -0.545 e. The van der Waals surface area contributed by atoms with Gasteiger partial charge in [-0.05, 0) is 23.8 Å². The van der Waals surface area contributed by atoms with Crippen molar-refractivity contribution in [2.45, 2.75) is 0 Å². The highest BCUT2D eigenvalue weighted by molar-refractivity contribution is 7.11. The van der Waals surface area contributed by atoms with Crippen LogP contribution < -0.4 is 10.7 Å². The van der Waals surface area contributed by atoms with Crippen LogP contribution in [0.4, 0.5) is 0 Å². The highest BCUT2D eigenvalue weighted by atomic mass is 32.1. The van der Waals surface area contributed by atoms with Crippen molar-refractivity contribution in [2.75, 3.05) is 0 Å². The first-order chi connectivity index (χ1) is 14.1. The van der Waals surface area contributed by atoms with Crippen LogP contribution in [0.1, 0.15) is 20.9 Å². The Kier molecular flexibility index (Phi) is 4.77. The molecule has 0 N–H and O–H groups in total. The summed E-state index contributed by atoms with van der Waals surface area (Å²) < 4.78 is 5.34. The molecule has 0 amide bonds. The average molecular weight is 399 g/mol. The predicted octanol–water partition coefficient (Wildman–Crippen LogP) is 3.34. The molecule has 4 rings (SSSR count). The van der Waals surface area contributed by atoms with Crippen molar-refractivity contribution in [1.82, 2.24) is 4.98 Å². The number of benzene rings is 2. The molecule has 0 fully saturated rings. The number of hydrogen-bond acceptors (Lipinski definition) is 7. The molecule has 2 aromatic heterocycles. The zero-order valence-electron chi connectivity index (χ0n) is 14.8. The van der Waals surface area contributed by atoms with Gasteiger partial charge < -0.3 is 14.3 Å².